The lowest BCUT2D eigenvalue weighted by Gasteiger charge is -2.24. The third-order valence-corrected chi connectivity index (χ3v) is 2.26. The number of allylic oxidation sites excluding steroid dienone is 2. The summed E-state index contributed by atoms with van der Waals surface area (Å²) in [6.45, 7) is 1.62. The van der Waals surface area contributed by atoms with Crippen LogP contribution in [0.4, 0.5) is 0 Å². The molecular formula is C11H10O4. The zero-order valence-electron chi connectivity index (χ0n) is 8.15. The molecule has 0 spiro atoms. The van der Waals surface area contributed by atoms with E-state index >= 15 is 0 Å². The molecule has 0 aromatic carbocycles. The van der Waals surface area contributed by atoms with E-state index in [1.165, 1.54) is 12.2 Å². The first-order chi connectivity index (χ1) is 6.91. The van der Waals surface area contributed by atoms with Crippen molar-refractivity contribution in [3.8, 4) is 12.3 Å². The van der Waals surface area contributed by atoms with Crippen LogP contribution in [0, 0.1) is 17.8 Å². The Bertz CT molecular complexity index is 422. The molecule has 1 unspecified atom stereocenters. The van der Waals surface area contributed by atoms with Crippen molar-refractivity contribution in [2.75, 3.05) is 0 Å². The molecule has 1 aliphatic carbocycles. The summed E-state index contributed by atoms with van der Waals surface area (Å²) in [5.74, 6) is -0.182. The van der Waals surface area contributed by atoms with E-state index in [-0.39, 0.29) is 12.0 Å². The lowest BCUT2D eigenvalue weighted by Crippen LogP contribution is -2.31. The number of carboxylic acid groups (broad SMARTS) is 2. The van der Waals surface area contributed by atoms with Crippen LogP contribution < -0.4 is 0 Å². The van der Waals surface area contributed by atoms with Crippen molar-refractivity contribution in [2.24, 2.45) is 5.41 Å². The number of aliphatic carboxylic acids is 2. The summed E-state index contributed by atoms with van der Waals surface area (Å²) in [6.07, 6.45) is 7.83. The summed E-state index contributed by atoms with van der Waals surface area (Å²) >= 11 is 0. The van der Waals surface area contributed by atoms with Gasteiger partial charge in [-0.3, -0.25) is 4.79 Å². The van der Waals surface area contributed by atoms with Crippen molar-refractivity contribution < 1.29 is 19.8 Å². The number of hydrogen-bond acceptors (Lipinski definition) is 2. The number of carboxylic acids is 2. The third-order valence-electron chi connectivity index (χ3n) is 2.26. The van der Waals surface area contributed by atoms with Crippen molar-refractivity contribution >= 4 is 11.9 Å². The molecule has 4 heteroatoms. The Balaban J connectivity index is 3.22. The van der Waals surface area contributed by atoms with E-state index in [0.29, 0.717) is 5.57 Å². The fraction of sp³-hybridized carbons (Fsp3) is 0.273. The van der Waals surface area contributed by atoms with Crippen LogP contribution in [0.1, 0.15) is 13.3 Å². The first-order valence-electron chi connectivity index (χ1n) is 4.26. The predicted octanol–water partition coefficient (Wildman–Crippen LogP) is 1.05. The molecule has 0 heterocycles. The molecule has 0 aliphatic heterocycles. The summed E-state index contributed by atoms with van der Waals surface area (Å²) in [6, 6.07) is 0. The average molecular weight is 206 g/mol. The predicted molar refractivity (Wildman–Crippen MR) is 53.0 cm³/mol. The standard InChI is InChI=1S/C11H10O4/c1-3-11(10(14)15)5-7(2)4-8(6-11)9(12)13/h1,4-5H,6H2,2H3,(H,12,13)(H,14,15). The van der Waals surface area contributed by atoms with Gasteiger partial charge in [0.15, 0.2) is 5.41 Å². The van der Waals surface area contributed by atoms with Gasteiger partial charge < -0.3 is 10.2 Å². The topological polar surface area (TPSA) is 74.6 Å². The molecule has 1 aliphatic rings. The molecule has 4 nitrogen and oxygen atoms in total. The fourth-order valence-electron chi connectivity index (χ4n) is 1.54. The normalized spacial score (nSPS) is 24.8. The van der Waals surface area contributed by atoms with Gasteiger partial charge in [0.1, 0.15) is 0 Å². The zero-order valence-corrected chi connectivity index (χ0v) is 8.15. The lowest BCUT2D eigenvalue weighted by atomic mass is 9.77. The van der Waals surface area contributed by atoms with Gasteiger partial charge in [-0.1, -0.05) is 17.6 Å². The van der Waals surface area contributed by atoms with Crippen LogP contribution in [-0.4, -0.2) is 22.2 Å². The summed E-state index contributed by atoms with van der Waals surface area (Å²) in [4.78, 5) is 21.8. The second kappa shape index (κ2) is 3.62. The van der Waals surface area contributed by atoms with Crippen molar-refractivity contribution in [3.05, 3.63) is 23.3 Å². The van der Waals surface area contributed by atoms with Crippen LogP contribution in [0.2, 0.25) is 0 Å². The van der Waals surface area contributed by atoms with Crippen LogP contribution in [0.15, 0.2) is 23.3 Å². The summed E-state index contributed by atoms with van der Waals surface area (Å²) in [5.41, 5.74) is -0.943. The highest BCUT2D eigenvalue weighted by Crippen LogP contribution is 2.34. The quantitative estimate of drug-likeness (QED) is 0.662. The monoisotopic (exact) mass is 206 g/mol. The maximum atomic E-state index is 11.0. The van der Waals surface area contributed by atoms with Crippen LogP contribution in [0.25, 0.3) is 0 Å². The highest BCUT2D eigenvalue weighted by molar-refractivity contribution is 5.91. The maximum absolute atomic E-state index is 11.0. The van der Waals surface area contributed by atoms with Gasteiger partial charge in [0.2, 0.25) is 0 Å². The Hall–Kier alpha value is -2.02. The summed E-state index contributed by atoms with van der Waals surface area (Å²) in [5, 5.41) is 17.8. The third kappa shape index (κ3) is 1.91. The summed E-state index contributed by atoms with van der Waals surface area (Å²) in [7, 11) is 0. The van der Waals surface area contributed by atoms with Gasteiger partial charge >= 0.3 is 11.9 Å². The Morgan fingerprint density at radius 3 is 2.53 bits per heavy atom. The molecule has 1 atom stereocenters. The molecule has 0 amide bonds. The van der Waals surface area contributed by atoms with Crippen LogP contribution in [0.5, 0.6) is 0 Å². The van der Waals surface area contributed by atoms with Crippen LogP contribution in [0.3, 0.4) is 0 Å². The molecule has 0 aromatic heterocycles. The maximum Gasteiger partial charge on any atom is 0.331 e. The molecule has 1 rings (SSSR count). The Kier molecular flexibility index (Phi) is 2.67. The van der Waals surface area contributed by atoms with E-state index in [2.05, 4.69) is 5.92 Å². The SMILES string of the molecule is C#CC1(C(=O)O)C=C(C)C=C(C(=O)O)C1. The van der Waals surface area contributed by atoms with Gasteiger partial charge in [-0.25, -0.2) is 4.79 Å². The van der Waals surface area contributed by atoms with Crippen LogP contribution in [-0.2, 0) is 9.59 Å². The van der Waals surface area contributed by atoms with E-state index in [4.69, 9.17) is 16.6 Å². The molecule has 0 aromatic rings. The van der Waals surface area contributed by atoms with E-state index in [0.717, 1.165) is 0 Å². The number of hydrogen-bond donors (Lipinski definition) is 2. The second-order valence-corrected chi connectivity index (χ2v) is 3.46. The number of rotatable bonds is 2. The second-order valence-electron chi connectivity index (χ2n) is 3.46. The first-order valence-corrected chi connectivity index (χ1v) is 4.26. The van der Waals surface area contributed by atoms with Crippen molar-refractivity contribution in [2.45, 2.75) is 13.3 Å². The van der Waals surface area contributed by atoms with Gasteiger partial charge in [0.25, 0.3) is 0 Å². The Labute approximate surface area is 86.9 Å². The van der Waals surface area contributed by atoms with E-state index < -0.39 is 17.4 Å². The molecular weight excluding hydrogens is 196 g/mol. The molecule has 2 N–H and O–H groups in total. The molecule has 78 valence electrons. The largest absolute Gasteiger partial charge is 0.480 e. The average Bonchev–Trinajstić information content (AvgIpc) is 2.16. The van der Waals surface area contributed by atoms with Gasteiger partial charge in [-0.05, 0) is 13.0 Å². The smallest absolute Gasteiger partial charge is 0.331 e. The minimum atomic E-state index is -1.52. The molecule has 0 saturated heterocycles. The minimum Gasteiger partial charge on any atom is -0.480 e. The zero-order chi connectivity index (χ0) is 11.6. The highest BCUT2D eigenvalue weighted by Gasteiger charge is 2.38. The molecule has 0 bridgehead atoms. The number of terminal acetylenes is 1. The fourth-order valence-corrected chi connectivity index (χ4v) is 1.54. The van der Waals surface area contributed by atoms with Gasteiger partial charge in [-0.15, -0.1) is 6.42 Å². The molecule has 0 fully saturated rings. The van der Waals surface area contributed by atoms with Crippen LogP contribution >= 0.6 is 0 Å². The van der Waals surface area contributed by atoms with E-state index in [1.54, 1.807) is 6.92 Å². The van der Waals surface area contributed by atoms with E-state index in [9.17, 15) is 9.59 Å². The molecule has 15 heavy (non-hydrogen) atoms. The molecule has 0 radical (unpaired) electrons. The van der Waals surface area contributed by atoms with E-state index in [1.807, 2.05) is 0 Å². The van der Waals surface area contributed by atoms with Crippen molar-refractivity contribution in [3.63, 3.8) is 0 Å². The lowest BCUT2D eigenvalue weighted by molar-refractivity contribution is -0.143. The molecule has 0 saturated carbocycles. The highest BCUT2D eigenvalue weighted by atomic mass is 16.4. The van der Waals surface area contributed by atoms with Crippen molar-refractivity contribution in [1.29, 1.82) is 0 Å². The minimum absolute atomic E-state index is 0.0235. The van der Waals surface area contributed by atoms with Gasteiger partial charge in [-0.2, -0.15) is 0 Å². The van der Waals surface area contributed by atoms with Crippen molar-refractivity contribution in [1.82, 2.24) is 0 Å². The Morgan fingerprint density at radius 1 is 1.53 bits per heavy atom. The Morgan fingerprint density at radius 2 is 2.13 bits per heavy atom. The van der Waals surface area contributed by atoms with Gasteiger partial charge in [0.05, 0.1) is 0 Å². The number of carbonyl (C=O) groups is 2. The van der Waals surface area contributed by atoms with Gasteiger partial charge in [0, 0.05) is 12.0 Å². The first kappa shape index (κ1) is 11.1. The summed E-state index contributed by atoms with van der Waals surface area (Å²) < 4.78 is 0.